The molecule has 0 saturated carbocycles. The van der Waals surface area contributed by atoms with Crippen molar-refractivity contribution in [2.45, 2.75) is 31.9 Å². The van der Waals surface area contributed by atoms with Crippen LogP contribution < -0.4 is 0 Å². The number of hydrogen-bond donors (Lipinski definition) is 1. The third-order valence-electron chi connectivity index (χ3n) is 5.00. The predicted octanol–water partition coefficient (Wildman–Crippen LogP) is 4.61. The molecule has 3 nitrogen and oxygen atoms in total. The number of ketones is 1. The average Bonchev–Trinajstić information content (AvgIpc) is 3.01. The van der Waals surface area contributed by atoms with E-state index in [4.69, 9.17) is 0 Å². The molecule has 0 aliphatic heterocycles. The first-order valence-corrected chi connectivity index (χ1v) is 8.62. The highest BCUT2D eigenvalue weighted by Crippen LogP contribution is 2.41. The van der Waals surface area contributed by atoms with Gasteiger partial charge in [-0.25, -0.2) is 0 Å². The van der Waals surface area contributed by atoms with Gasteiger partial charge < -0.3 is 5.11 Å². The number of alkyl halides is 3. The Kier molecular flexibility index (Phi) is 4.13. The summed E-state index contributed by atoms with van der Waals surface area (Å²) in [7, 11) is 0. The maximum atomic E-state index is 12.8. The Bertz CT molecular complexity index is 1000. The van der Waals surface area contributed by atoms with E-state index in [0.29, 0.717) is 30.4 Å². The van der Waals surface area contributed by atoms with E-state index in [0.717, 1.165) is 34.5 Å². The Balaban J connectivity index is 1.57. The number of carbonyl (C=O) groups excluding carboxylic acids is 1. The summed E-state index contributed by atoms with van der Waals surface area (Å²) in [4.78, 5) is 15.5. The molecule has 4 rings (SSSR count). The Morgan fingerprint density at radius 2 is 1.85 bits per heavy atom. The summed E-state index contributed by atoms with van der Waals surface area (Å²) in [6.07, 6.45) is 1.56. The Morgan fingerprint density at radius 1 is 1.07 bits per heavy atom. The fourth-order valence-electron chi connectivity index (χ4n) is 3.61. The van der Waals surface area contributed by atoms with Crippen LogP contribution in [0.2, 0.25) is 0 Å². The third-order valence-corrected chi connectivity index (χ3v) is 5.00. The lowest BCUT2D eigenvalue weighted by Crippen LogP contribution is -2.08. The average molecular weight is 371 g/mol. The van der Waals surface area contributed by atoms with Crippen molar-refractivity contribution in [1.82, 2.24) is 4.98 Å². The zero-order valence-electron chi connectivity index (χ0n) is 14.3. The van der Waals surface area contributed by atoms with E-state index in [9.17, 15) is 23.1 Å². The number of aliphatic hydroxyl groups is 1. The van der Waals surface area contributed by atoms with Gasteiger partial charge in [0.2, 0.25) is 5.78 Å². The lowest BCUT2D eigenvalue weighted by Gasteiger charge is -2.12. The lowest BCUT2D eigenvalue weighted by molar-refractivity contribution is -0.137. The van der Waals surface area contributed by atoms with Gasteiger partial charge in [0, 0.05) is 24.4 Å². The molecule has 27 heavy (non-hydrogen) atoms. The van der Waals surface area contributed by atoms with Gasteiger partial charge in [0.05, 0.1) is 5.56 Å². The minimum Gasteiger partial charge on any atom is -0.504 e. The highest BCUT2D eigenvalue weighted by molar-refractivity contribution is 6.08. The molecule has 0 spiro atoms. The van der Waals surface area contributed by atoms with E-state index in [1.54, 1.807) is 0 Å². The first kappa shape index (κ1) is 17.5. The van der Waals surface area contributed by atoms with Gasteiger partial charge in [0.25, 0.3) is 0 Å². The van der Waals surface area contributed by atoms with Crippen molar-refractivity contribution in [2.75, 3.05) is 0 Å². The maximum Gasteiger partial charge on any atom is 0.417 e. The zero-order chi connectivity index (χ0) is 19.2. The summed E-state index contributed by atoms with van der Waals surface area (Å²) >= 11 is 0. The van der Waals surface area contributed by atoms with E-state index in [-0.39, 0.29) is 18.0 Å². The number of benzene rings is 1. The molecule has 138 valence electrons. The number of allylic oxidation sites excluding steroid dienone is 4. The molecule has 1 heterocycles. The lowest BCUT2D eigenvalue weighted by atomic mass is 9.94. The molecule has 1 aromatic heterocycles. The summed E-state index contributed by atoms with van der Waals surface area (Å²) < 4.78 is 38.4. The predicted molar refractivity (Wildman–Crippen MR) is 94.0 cm³/mol. The first-order valence-electron chi connectivity index (χ1n) is 8.62. The molecule has 0 amide bonds. The number of carbonyl (C=O) groups is 1. The van der Waals surface area contributed by atoms with Crippen LogP contribution in [-0.2, 0) is 30.2 Å². The molecule has 0 radical (unpaired) electrons. The molecule has 0 fully saturated rings. The van der Waals surface area contributed by atoms with Crippen molar-refractivity contribution in [3.63, 3.8) is 0 Å². The van der Waals surface area contributed by atoms with Crippen molar-refractivity contribution in [3.8, 4) is 0 Å². The molecule has 2 aromatic rings. The van der Waals surface area contributed by atoms with Gasteiger partial charge in [-0.3, -0.25) is 9.78 Å². The molecule has 0 bridgehead atoms. The Labute approximate surface area is 153 Å². The molecule has 6 heteroatoms. The van der Waals surface area contributed by atoms with Crippen LogP contribution in [0.5, 0.6) is 0 Å². The van der Waals surface area contributed by atoms with Crippen molar-refractivity contribution < 1.29 is 23.1 Å². The number of aromatic nitrogens is 1. The Morgan fingerprint density at radius 3 is 2.63 bits per heavy atom. The van der Waals surface area contributed by atoms with E-state index in [1.807, 2.05) is 24.3 Å². The number of hydrogen-bond acceptors (Lipinski definition) is 3. The van der Waals surface area contributed by atoms with Gasteiger partial charge in [-0.15, -0.1) is 0 Å². The summed E-state index contributed by atoms with van der Waals surface area (Å²) in [6.45, 7) is 0. The van der Waals surface area contributed by atoms with Gasteiger partial charge in [-0.05, 0) is 53.2 Å². The summed E-state index contributed by atoms with van der Waals surface area (Å²) in [5, 5.41) is 10.2. The maximum absolute atomic E-state index is 12.8. The van der Waals surface area contributed by atoms with Crippen LogP contribution >= 0.6 is 0 Å². The van der Waals surface area contributed by atoms with Gasteiger partial charge in [-0.2, -0.15) is 13.2 Å². The van der Waals surface area contributed by atoms with Crippen LogP contribution in [0, 0.1) is 0 Å². The van der Waals surface area contributed by atoms with Crippen LogP contribution in [0.1, 0.15) is 34.2 Å². The SMILES string of the molecule is O=C1CC=C2Cc3ccc(CCc4cncc(C(F)(F)F)c4)cc3C2=C1O. The van der Waals surface area contributed by atoms with Gasteiger partial charge in [-0.1, -0.05) is 24.3 Å². The minimum absolute atomic E-state index is 0.189. The standard InChI is InChI=1S/C21H16F3NO2/c22-21(23,24)16-7-13(10-25-11-16)2-1-12-3-4-14-9-15-5-6-18(26)20(27)19(15)17(14)8-12/h3-5,7-8,10-11,27H,1-2,6,9H2. The fourth-order valence-corrected chi connectivity index (χ4v) is 3.61. The normalized spacial score (nSPS) is 16.3. The second kappa shape index (κ2) is 6.37. The number of rotatable bonds is 3. The number of fused-ring (bicyclic) bond motifs is 3. The summed E-state index contributed by atoms with van der Waals surface area (Å²) in [5.41, 5.74) is 4.14. The molecular formula is C21H16F3NO2. The van der Waals surface area contributed by atoms with Crippen molar-refractivity contribution in [2.24, 2.45) is 0 Å². The van der Waals surface area contributed by atoms with Crippen LogP contribution in [-0.4, -0.2) is 15.9 Å². The fraction of sp³-hybridized carbons (Fsp3) is 0.238. The molecule has 1 N–H and O–H groups in total. The van der Waals surface area contributed by atoms with Crippen LogP contribution in [0.3, 0.4) is 0 Å². The highest BCUT2D eigenvalue weighted by Gasteiger charge is 2.31. The molecule has 2 aliphatic rings. The van der Waals surface area contributed by atoms with E-state index >= 15 is 0 Å². The van der Waals surface area contributed by atoms with E-state index in [1.165, 1.54) is 6.20 Å². The second-order valence-electron chi connectivity index (χ2n) is 6.83. The topological polar surface area (TPSA) is 50.2 Å². The van der Waals surface area contributed by atoms with Gasteiger partial charge in [0.15, 0.2) is 5.76 Å². The third kappa shape index (κ3) is 3.27. The van der Waals surface area contributed by atoms with E-state index < -0.39 is 11.7 Å². The summed E-state index contributed by atoms with van der Waals surface area (Å²) in [5.74, 6) is -0.479. The quantitative estimate of drug-likeness (QED) is 0.857. The smallest absolute Gasteiger partial charge is 0.417 e. The molecular weight excluding hydrogens is 355 g/mol. The Hall–Kier alpha value is -2.89. The number of Topliss-reactive ketones (excluding diaryl/α,β-unsaturated/α-hetero) is 1. The number of aliphatic hydroxyl groups excluding tert-OH is 1. The number of nitrogens with zero attached hydrogens (tertiary/aromatic N) is 1. The van der Waals surface area contributed by atoms with Crippen molar-refractivity contribution in [3.05, 3.63) is 81.9 Å². The molecule has 2 aliphatic carbocycles. The number of halogens is 3. The van der Waals surface area contributed by atoms with Gasteiger partial charge >= 0.3 is 6.18 Å². The molecule has 0 unspecified atom stereocenters. The second-order valence-corrected chi connectivity index (χ2v) is 6.83. The molecule has 1 aromatic carbocycles. The first-order chi connectivity index (χ1) is 12.8. The number of aryl methyl sites for hydroxylation is 2. The molecule has 0 atom stereocenters. The van der Waals surface area contributed by atoms with Crippen molar-refractivity contribution in [1.29, 1.82) is 0 Å². The minimum atomic E-state index is -4.41. The molecule has 0 saturated heterocycles. The summed E-state index contributed by atoms with van der Waals surface area (Å²) in [6, 6.07) is 6.94. The van der Waals surface area contributed by atoms with Crippen molar-refractivity contribution >= 4 is 11.4 Å². The highest BCUT2D eigenvalue weighted by atomic mass is 19.4. The monoisotopic (exact) mass is 371 g/mol. The van der Waals surface area contributed by atoms with E-state index in [2.05, 4.69) is 4.98 Å². The van der Waals surface area contributed by atoms with Crippen LogP contribution in [0.25, 0.3) is 5.57 Å². The van der Waals surface area contributed by atoms with Gasteiger partial charge in [0.1, 0.15) is 0 Å². The zero-order valence-corrected chi connectivity index (χ0v) is 14.3. The largest absolute Gasteiger partial charge is 0.504 e. The number of pyridine rings is 1. The van der Waals surface area contributed by atoms with Crippen LogP contribution in [0.4, 0.5) is 13.2 Å². The van der Waals surface area contributed by atoms with Crippen LogP contribution in [0.15, 0.2) is 54.1 Å².